The van der Waals surface area contributed by atoms with Crippen LogP contribution in [0.15, 0.2) is 28.8 Å². The van der Waals surface area contributed by atoms with Gasteiger partial charge in [0, 0.05) is 23.2 Å². The number of carbonyl (C=O) groups is 1. The van der Waals surface area contributed by atoms with Gasteiger partial charge in [0.05, 0.1) is 5.69 Å². The number of hydrogen-bond acceptors (Lipinski definition) is 4. The minimum Gasteiger partial charge on any atom is -0.361 e. The van der Waals surface area contributed by atoms with Crippen molar-refractivity contribution in [2.24, 2.45) is 0 Å². The lowest BCUT2D eigenvalue weighted by Gasteiger charge is -2.06. The molecular weight excluding hydrogens is 323 g/mol. The Labute approximate surface area is 144 Å². The fraction of sp³-hybridized carbons (Fsp3) is 0.278. The molecule has 1 amide bonds. The molecule has 0 aliphatic carbocycles. The highest BCUT2D eigenvalue weighted by atomic mass is 19.1. The predicted molar refractivity (Wildman–Crippen MR) is 91.6 cm³/mol. The van der Waals surface area contributed by atoms with Crippen molar-refractivity contribution in [2.45, 2.75) is 33.6 Å². The third kappa shape index (κ3) is 3.60. The number of H-pyrrole nitrogens is 1. The van der Waals surface area contributed by atoms with Crippen LogP contribution < -0.4 is 5.32 Å². The third-order valence-corrected chi connectivity index (χ3v) is 4.12. The van der Waals surface area contributed by atoms with Crippen molar-refractivity contribution in [1.29, 1.82) is 0 Å². The average molecular weight is 342 g/mol. The smallest absolute Gasteiger partial charge is 0.225 e. The van der Waals surface area contributed by atoms with Crippen molar-refractivity contribution in [2.75, 3.05) is 5.32 Å². The van der Waals surface area contributed by atoms with E-state index >= 15 is 0 Å². The summed E-state index contributed by atoms with van der Waals surface area (Å²) in [5.41, 5.74) is 4.09. The van der Waals surface area contributed by atoms with E-state index < -0.39 is 0 Å². The second-order valence-electron chi connectivity index (χ2n) is 5.93. The molecule has 3 rings (SSSR count). The van der Waals surface area contributed by atoms with E-state index in [1.165, 1.54) is 12.1 Å². The molecule has 7 heteroatoms. The molecule has 0 fully saturated rings. The van der Waals surface area contributed by atoms with E-state index in [-0.39, 0.29) is 18.1 Å². The number of benzene rings is 1. The molecule has 0 radical (unpaired) electrons. The Morgan fingerprint density at radius 1 is 1.24 bits per heavy atom. The maximum Gasteiger partial charge on any atom is 0.225 e. The summed E-state index contributed by atoms with van der Waals surface area (Å²) in [6, 6.07) is 6.08. The number of aryl methyl sites for hydroxylation is 3. The van der Waals surface area contributed by atoms with E-state index in [1.54, 1.807) is 12.1 Å². The monoisotopic (exact) mass is 342 g/mol. The molecule has 2 aromatic heterocycles. The van der Waals surface area contributed by atoms with Gasteiger partial charge >= 0.3 is 0 Å². The molecule has 25 heavy (non-hydrogen) atoms. The Kier molecular flexibility index (Phi) is 4.65. The summed E-state index contributed by atoms with van der Waals surface area (Å²) >= 11 is 0. The molecule has 0 atom stereocenters. The molecule has 0 unspecified atom stereocenters. The quantitative estimate of drug-likeness (QED) is 0.740. The molecule has 0 aliphatic heterocycles. The summed E-state index contributed by atoms with van der Waals surface area (Å²) in [7, 11) is 0. The van der Waals surface area contributed by atoms with Crippen molar-refractivity contribution in [3.63, 3.8) is 0 Å². The van der Waals surface area contributed by atoms with Gasteiger partial charge in [0.1, 0.15) is 11.6 Å². The third-order valence-electron chi connectivity index (χ3n) is 4.12. The number of nitrogens with zero attached hydrogens (tertiary/aromatic N) is 2. The molecule has 3 aromatic rings. The summed E-state index contributed by atoms with van der Waals surface area (Å²) in [5.74, 6) is 0.700. The summed E-state index contributed by atoms with van der Waals surface area (Å²) < 4.78 is 18.2. The minimum atomic E-state index is -0.310. The number of nitrogens with one attached hydrogen (secondary N) is 2. The van der Waals surface area contributed by atoms with Crippen LogP contribution in [0.3, 0.4) is 0 Å². The van der Waals surface area contributed by atoms with Crippen molar-refractivity contribution in [1.82, 2.24) is 15.4 Å². The number of aromatic amines is 1. The first-order valence-corrected chi connectivity index (χ1v) is 7.98. The number of halogens is 1. The van der Waals surface area contributed by atoms with Gasteiger partial charge in [-0.15, -0.1) is 0 Å². The molecule has 130 valence electrons. The Balaban J connectivity index is 1.73. The minimum absolute atomic E-state index is 0.158. The molecule has 6 nitrogen and oxygen atoms in total. The van der Waals surface area contributed by atoms with Gasteiger partial charge in [0.15, 0.2) is 5.82 Å². The molecule has 1 aromatic carbocycles. The number of carbonyl (C=O) groups excluding carboxylic acids is 1. The van der Waals surface area contributed by atoms with E-state index in [1.807, 2.05) is 20.8 Å². The van der Waals surface area contributed by atoms with Crippen molar-refractivity contribution in [3.05, 3.63) is 52.8 Å². The van der Waals surface area contributed by atoms with Gasteiger partial charge < -0.3 is 9.84 Å². The van der Waals surface area contributed by atoms with Crippen LogP contribution in [0.2, 0.25) is 0 Å². The highest BCUT2D eigenvalue weighted by molar-refractivity contribution is 5.94. The molecule has 0 bridgehead atoms. The van der Waals surface area contributed by atoms with Gasteiger partial charge in [-0.3, -0.25) is 9.89 Å². The highest BCUT2D eigenvalue weighted by Gasteiger charge is 2.16. The van der Waals surface area contributed by atoms with E-state index in [2.05, 4.69) is 20.7 Å². The normalized spacial score (nSPS) is 10.9. The van der Waals surface area contributed by atoms with Crippen molar-refractivity contribution >= 4 is 11.7 Å². The molecular formula is C18H19FN4O2. The first-order valence-electron chi connectivity index (χ1n) is 7.98. The predicted octanol–water partition coefficient (Wildman–Crippen LogP) is 3.70. The van der Waals surface area contributed by atoms with E-state index in [9.17, 15) is 9.18 Å². The van der Waals surface area contributed by atoms with Crippen LogP contribution in [-0.4, -0.2) is 21.3 Å². The molecule has 0 saturated carbocycles. The molecule has 0 spiro atoms. The van der Waals surface area contributed by atoms with E-state index in [0.717, 1.165) is 33.8 Å². The first kappa shape index (κ1) is 16.9. The Morgan fingerprint density at radius 2 is 1.96 bits per heavy atom. The molecule has 0 aliphatic rings. The SMILES string of the molecule is Cc1noc(C)c1CCC(=O)Nc1n[nH]c(C)c1-c1ccc(F)cc1. The summed E-state index contributed by atoms with van der Waals surface area (Å²) in [4.78, 5) is 12.3. The van der Waals surface area contributed by atoms with Crippen LogP contribution in [0.5, 0.6) is 0 Å². The number of rotatable bonds is 5. The Bertz CT molecular complexity index is 877. The van der Waals surface area contributed by atoms with Crippen LogP contribution in [-0.2, 0) is 11.2 Å². The van der Waals surface area contributed by atoms with Crippen LogP contribution in [0.1, 0.15) is 29.1 Å². The van der Waals surface area contributed by atoms with Crippen LogP contribution >= 0.6 is 0 Å². The molecule has 2 N–H and O–H groups in total. The zero-order chi connectivity index (χ0) is 18.0. The first-order chi connectivity index (χ1) is 12.0. The fourth-order valence-corrected chi connectivity index (χ4v) is 2.78. The number of amides is 1. The molecule has 0 saturated heterocycles. The van der Waals surface area contributed by atoms with Gasteiger partial charge in [-0.05, 0) is 44.9 Å². The lowest BCUT2D eigenvalue weighted by Crippen LogP contribution is -2.13. The van der Waals surface area contributed by atoms with Gasteiger partial charge in [0.25, 0.3) is 0 Å². The van der Waals surface area contributed by atoms with Crippen LogP contribution in [0.25, 0.3) is 11.1 Å². The largest absolute Gasteiger partial charge is 0.361 e. The average Bonchev–Trinajstić information content (AvgIpc) is 3.09. The van der Waals surface area contributed by atoms with Crippen LogP contribution in [0.4, 0.5) is 10.2 Å². The number of anilines is 1. The topological polar surface area (TPSA) is 83.8 Å². The maximum absolute atomic E-state index is 13.1. The van der Waals surface area contributed by atoms with Gasteiger partial charge in [-0.2, -0.15) is 5.10 Å². The zero-order valence-corrected chi connectivity index (χ0v) is 14.3. The van der Waals surface area contributed by atoms with Crippen molar-refractivity contribution in [3.8, 4) is 11.1 Å². The van der Waals surface area contributed by atoms with E-state index in [0.29, 0.717) is 12.2 Å². The summed E-state index contributed by atoms with van der Waals surface area (Å²) in [6.07, 6.45) is 0.833. The second-order valence-corrected chi connectivity index (χ2v) is 5.93. The maximum atomic E-state index is 13.1. The van der Waals surface area contributed by atoms with Crippen LogP contribution in [0, 0.1) is 26.6 Å². The van der Waals surface area contributed by atoms with E-state index in [4.69, 9.17) is 4.52 Å². The summed E-state index contributed by atoms with van der Waals surface area (Å²) in [5, 5.41) is 13.7. The van der Waals surface area contributed by atoms with Gasteiger partial charge in [-0.25, -0.2) is 4.39 Å². The number of hydrogen-bond donors (Lipinski definition) is 2. The standard InChI is InChI=1S/C18H19FN4O2/c1-10-15(12(3)25-23-10)8-9-16(24)20-18-17(11(2)21-22-18)13-4-6-14(19)7-5-13/h4-7H,8-9H2,1-3H3,(H2,20,21,22,24). The van der Waals surface area contributed by atoms with Gasteiger partial charge in [-0.1, -0.05) is 17.3 Å². The lowest BCUT2D eigenvalue weighted by molar-refractivity contribution is -0.116. The number of aromatic nitrogens is 3. The lowest BCUT2D eigenvalue weighted by atomic mass is 10.1. The second kappa shape index (κ2) is 6.88. The molecule has 2 heterocycles. The Morgan fingerprint density at radius 3 is 2.60 bits per heavy atom. The fourth-order valence-electron chi connectivity index (χ4n) is 2.78. The zero-order valence-electron chi connectivity index (χ0n) is 14.3. The van der Waals surface area contributed by atoms with Crippen molar-refractivity contribution < 1.29 is 13.7 Å². The summed E-state index contributed by atoms with van der Waals surface area (Å²) in [6.45, 7) is 5.54. The highest BCUT2D eigenvalue weighted by Crippen LogP contribution is 2.29. The van der Waals surface area contributed by atoms with Gasteiger partial charge in [0.2, 0.25) is 5.91 Å². The Hall–Kier alpha value is -2.96.